The minimum atomic E-state index is -0.164. The lowest BCUT2D eigenvalue weighted by molar-refractivity contribution is 0.247. The van der Waals surface area contributed by atoms with Crippen molar-refractivity contribution < 1.29 is 5.11 Å². The fourth-order valence-electron chi connectivity index (χ4n) is 4.39. The van der Waals surface area contributed by atoms with E-state index in [4.69, 9.17) is 0 Å². The van der Waals surface area contributed by atoms with Crippen molar-refractivity contribution in [1.29, 1.82) is 0 Å². The third-order valence-corrected chi connectivity index (χ3v) is 5.76. The number of fused-ring (bicyclic) bond motifs is 3. The van der Waals surface area contributed by atoms with Gasteiger partial charge in [-0.3, -0.25) is 4.90 Å². The predicted octanol–water partition coefficient (Wildman–Crippen LogP) is 5.50. The molecule has 5 rings (SSSR count). The number of nitrogens with one attached hydrogen (secondary N) is 1. The second-order valence-electron chi connectivity index (χ2n) is 7.53. The van der Waals surface area contributed by atoms with Gasteiger partial charge < -0.3 is 10.1 Å². The first-order chi connectivity index (χ1) is 14.2. The molecule has 29 heavy (non-hydrogen) atoms. The summed E-state index contributed by atoms with van der Waals surface area (Å²) in [6, 6.07) is 22.6. The Morgan fingerprint density at radius 2 is 1.72 bits per heavy atom. The number of benzene rings is 3. The average molecular weight is 383 g/mol. The van der Waals surface area contributed by atoms with Gasteiger partial charge in [0.2, 0.25) is 5.88 Å². The van der Waals surface area contributed by atoms with Crippen LogP contribution in [0.4, 0.5) is 5.69 Å². The van der Waals surface area contributed by atoms with E-state index in [0.29, 0.717) is 5.39 Å². The monoisotopic (exact) mass is 383 g/mol. The van der Waals surface area contributed by atoms with Crippen LogP contribution in [0.3, 0.4) is 0 Å². The summed E-state index contributed by atoms with van der Waals surface area (Å²) in [5.74, 6) is -0.164. The van der Waals surface area contributed by atoms with Crippen LogP contribution in [-0.2, 0) is 19.5 Å². The molecule has 0 fully saturated rings. The Kier molecular flexibility index (Phi) is 4.37. The van der Waals surface area contributed by atoms with E-state index in [1.807, 2.05) is 30.3 Å². The number of rotatable bonds is 4. The van der Waals surface area contributed by atoms with Gasteiger partial charge in [-0.25, -0.2) is 0 Å². The molecule has 1 aliphatic heterocycles. The Morgan fingerprint density at radius 3 is 2.45 bits per heavy atom. The maximum absolute atomic E-state index is 11.4. The van der Waals surface area contributed by atoms with E-state index in [1.54, 1.807) is 0 Å². The zero-order chi connectivity index (χ0) is 19.8. The minimum Gasteiger partial charge on any atom is -0.493 e. The predicted molar refractivity (Wildman–Crippen MR) is 115 cm³/mol. The average Bonchev–Trinajstić information content (AvgIpc) is 3.09. The summed E-state index contributed by atoms with van der Waals surface area (Å²) in [6.07, 6.45) is 0.909. The quantitative estimate of drug-likeness (QED) is 0.457. The molecule has 0 saturated heterocycles. The fourth-order valence-corrected chi connectivity index (χ4v) is 4.39. The summed E-state index contributed by atoms with van der Waals surface area (Å²) < 4.78 is 0. The van der Waals surface area contributed by atoms with Gasteiger partial charge in [-0.2, -0.15) is 0 Å². The van der Waals surface area contributed by atoms with Gasteiger partial charge in [0.1, 0.15) is 0 Å². The van der Waals surface area contributed by atoms with E-state index >= 15 is 0 Å². The Hall–Kier alpha value is -3.44. The molecule has 4 aromatic rings. The van der Waals surface area contributed by atoms with Crippen LogP contribution in [0.2, 0.25) is 0 Å². The first-order valence-electron chi connectivity index (χ1n) is 9.79. The van der Waals surface area contributed by atoms with Crippen LogP contribution >= 0.6 is 0 Å². The van der Waals surface area contributed by atoms with Gasteiger partial charge in [0, 0.05) is 25.0 Å². The van der Waals surface area contributed by atoms with Gasteiger partial charge in [-0.05, 0) is 45.5 Å². The number of nitrogens with zero attached hydrogens (tertiary/aromatic N) is 2. The summed E-state index contributed by atoms with van der Waals surface area (Å²) in [6.45, 7) is 2.57. The van der Waals surface area contributed by atoms with Crippen LogP contribution in [0.5, 0.6) is 5.88 Å². The Bertz CT molecular complexity index is 1180. The van der Waals surface area contributed by atoms with Crippen LogP contribution in [0, 0.1) is 4.91 Å². The minimum absolute atomic E-state index is 0.0835. The molecule has 144 valence electrons. The third kappa shape index (κ3) is 3.09. The van der Waals surface area contributed by atoms with Crippen molar-refractivity contribution >= 4 is 16.6 Å². The number of nitroso groups, excluding NO2 is 1. The van der Waals surface area contributed by atoms with Crippen molar-refractivity contribution in [3.05, 3.63) is 88.3 Å². The van der Waals surface area contributed by atoms with E-state index in [2.05, 4.69) is 51.5 Å². The largest absolute Gasteiger partial charge is 0.493 e. The van der Waals surface area contributed by atoms with Crippen molar-refractivity contribution in [3.8, 4) is 17.0 Å². The van der Waals surface area contributed by atoms with Crippen LogP contribution in [-0.4, -0.2) is 21.5 Å². The second-order valence-corrected chi connectivity index (χ2v) is 7.53. The first-order valence-corrected chi connectivity index (χ1v) is 9.79. The van der Waals surface area contributed by atoms with Gasteiger partial charge >= 0.3 is 0 Å². The van der Waals surface area contributed by atoms with Gasteiger partial charge in [-0.15, -0.1) is 4.91 Å². The highest BCUT2D eigenvalue weighted by Gasteiger charge is 2.25. The van der Waals surface area contributed by atoms with E-state index in [9.17, 15) is 10.0 Å². The highest BCUT2D eigenvalue weighted by atomic mass is 16.3. The summed E-state index contributed by atoms with van der Waals surface area (Å²) >= 11 is 0. The molecule has 0 amide bonds. The lowest BCUT2D eigenvalue weighted by atomic mass is 9.88. The molecule has 1 aromatic heterocycles. The van der Waals surface area contributed by atoms with E-state index in [1.165, 1.54) is 11.1 Å². The molecule has 0 atom stereocenters. The van der Waals surface area contributed by atoms with Crippen LogP contribution < -0.4 is 0 Å². The zero-order valence-corrected chi connectivity index (χ0v) is 15.9. The Balaban J connectivity index is 1.65. The summed E-state index contributed by atoms with van der Waals surface area (Å²) in [4.78, 5) is 16.8. The maximum atomic E-state index is 11.4. The van der Waals surface area contributed by atoms with Crippen molar-refractivity contribution in [2.75, 3.05) is 6.54 Å². The molecule has 0 aliphatic carbocycles. The van der Waals surface area contributed by atoms with E-state index in [0.717, 1.165) is 48.3 Å². The Labute approximate surface area is 168 Å². The highest BCUT2D eigenvalue weighted by molar-refractivity contribution is 6.00. The normalized spacial score (nSPS) is 14.1. The van der Waals surface area contributed by atoms with Gasteiger partial charge in [-0.1, -0.05) is 60.7 Å². The molecular weight excluding hydrogens is 362 g/mol. The van der Waals surface area contributed by atoms with Gasteiger partial charge in [0.05, 0.1) is 5.52 Å². The molecule has 1 aliphatic rings. The highest BCUT2D eigenvalue weighted by Crippen LogP contribution is 2.43. The number of hydrogen-bond donors (Lipinski definition) is 2. The van der Waals surface area contributed by atoms with Crippen LogP contribution in [0.15, 0.2) is 71.9 Å². The molecule has 0 unspecified atom stereocenters. The first kappa shape index (κ1) is 17.6. The number of aromatic hydroxyl groups is 1. The van der Waals surface area contributed by atoms with Crippen molar-refractivity contribution in [2.24, 2.45) is 5.18 Å². The van der Waals surface area contributed by atoms with E-state index in [-0.39, 0.29) is 11.6 Å². The smallest absolute Gasteiger partial charge is 0.219 e. The summed E-state index contributed by atoms with van der Waals surface area (Å²) in [5.41, 5.74) is 6.79. The number of H-pyrrole nitrogens is 1. The fraction of sp³-hybridized carbons (Fsp3) is 0.167. The molecule has 5 nitrogen and oxygen atoms in total. The molecule has 3 aromatic carbocycles. The van der Waals surface area contributed by atoms with Gasteiger partial charge in [0.15, 0.2) is 5.69 Å². The zero-order valence-electron chi connectivity index (χ0n) is 15.9. The SMILES string of the molecule is O=Nc1c(O)[nH]c2c3c(c(-c4ccccc4)cc12)CCN(Cc1ccccc1)C3. The summed E-state index contributed by atoms with van der Waals surface area (Å²) in [7, 11) is 0. The third-order valence-electron chi connectivity index (χ3n) is 5.76. The van der Waals surface area contributed by atoms with E-state index < -0.39 is 0 Å². The van der Waals surface area contributed by atoms with Crippen LogP contribution in [0.1, 0.15) is 16.7 Å². The Morgan fingerprint density at radius 1 is 1.00 bits per heavy atom. The molecule has 0 radical (unpaired) electrons. The molecule has 5 heteroatoms. The van der Waals surface area contributed by atoms with Gasteiger partial charge in [0.25, 0.3) is 0 Å². The lowest BCUT2D eigenvalue weighted by Crippen LogP contribution is -2.30. The van der Waals surface area contributed by atoms with Crippen LogP contribution in [0.25, 0.3) is 22.0 Å². The second kappa shape index (κ2) is 7.18. The number of hydrogen-bond acceptors (Lipinski definition) is 4. The number of aromatic amines is 1. The maximum Gasteiger partial charge on any atom is 0.219 e. The summed E-state index contributed by atoms with van der Waals surface area (Å²) in [5, 5.41) is 14.0. The molecule has 2 N–H and O–H groups in total. The lowest BCUT2D eigenvalue weighted by Gasteiger charge is -2.31. The molecule has 0 bridgehead atoms. The molecule has 2 heterocycles. The number of aromatic nitrogens is 1. The van der Waals surface area contributed by atoms with Crippen molar-refractivity contribution in [3.63, 3.8) is 0 Å². The van der Waals surface area contributed by atoms with Crippen molar-refractivity contribution in [2.45, 2.75) is 19.5 Å². The standard InChI is InChI=1S/C24H21N3O2/c28-24-23(26-29)20-13-19(17-9-5-2-6-10-17)18-11-12-27(15-21(18)22(20)25-24)14-16-7-3-1-4-8-16/h1-10,13,25,28H,11-12,14-15H2. The molecular formula is C24H21N3O2. The molecule has 0 saturated carbocycles. The van der Waals surface area contributed by atoms with Crippen molar-refractivity contribution in [1.82, 2.24) is 9.88 Å². The topological polar surface area (TPSA) is 68.7 Å². The molecule has 0 spiro atoms.